The summed E-state index contributed by atoms with van der Waals surface area (Å²) in [5.41, 5.74) is 4.35. The fraction of sp³-hybridized carbons (Fsp3) is 0.188. The largest absolute Gasteiger partial charge is 0.487 e. The summed E-state index contributed by atoms with van der Waals surface area (Å²) in [5.74, 6) is 0.985. The summed E-state index contributed by atoms with van der Waals surface area (Å²) in [7, 11) is 0. The number of para-hydroxylation sites is 1. The van der Waals surface area contributed by atoms with E-state index in [2.05, 4.69) is 21.3 Å². The molecule has 0 aliphatic carbocycles. The maximum atomic E-state index is 12.3. The van der Waals surface area contributed by atoms with Gasteiger partial charge in [-0.15, -0.1) is 0 Å². The highest BCUT2D eigenvalue weighted by atomic mass is 16.5. The van der Waals surface area contributed by atoms with Crippen LogP contribution >= 0.6 is 0 Å². The Balaban J connectivity index is 1.15. The number of carbonyl (C=O) groups is 1. The van der Waals surface area contributed by atoms with Crippen molar-refractivity contribution in [2.75, 3.05) is 13.3 Å². The van der Waals surface area contributed by atoms with Crippen LogP contribution in [-0.2, 0) is 24.5 Å². The van der Waals surface area contributed by atoms with Crippen molar-refractivity contribution >= 4 is 27.8 Å². The molecule has 0 unspecified atom stereocenters. The Morgan fingerprint density at radius 2 is 1.82 bits per heavy atom. The Morgan fingerprint density at radius 3 is 2.65 bits per heavy atom. The molecule has 8 heteroatoms. The average Bonchev–Trinajstić information content (AvgIpc) is 3.66. The topological polar surface area (TPSA) is 86.1 Å². The number of fused-ring (bicyclic) bond motifs is 2. The summed E-state index contributed by atoms with van der Waals surface area (Å²) in [6.07, 6.45) is 3.92. The van der Waals surface area contributed by atoms with Gasteiger partial charge in [0, 0.05) is 29.7 Å². The zero-order chi connectivity index (χ0) is 27.3. The van der Waals surface area contributed by atoms with Crippen molar-refractivity contribution in [1.82, 2.24) is 15.2 Å². The zero-order valence-corrected chi connectivity index (χ0v) is 22.1. The van der Waals surface area contributed by atoms with Crippen LogP contribution < -0.4 is 14.8 Å². The third kappa shape index (κ3) is 5.71. The van der Waals surface area contributed by atoms with Crippen LogP contribution in [0.4, 0.5) is 0 Å². The van der Waals surface area contributed by atoms with Crippen molar-refractivity contribution in [2.24, 2.45) is 0 Å². The lowest BCUT2D eigenvalue weighted by Gasteiger charge is -2.16. The Kier molecular flexibility index (Phi) is 7.22. The van der Waals surface area contributed by atoms with E-state index in [-0.39, 0.29) is 12.4 Å². The number of nitrogens with zero attached hydrogens (tertiary/aromatic N) is 2. The predicted molar refractivity (Wildman–Crippen MR) is 152 cm³/mol. The highest BCUT2D eigenvalue weighted by Gasteiger charge is 2.18. The molecular formula is C32H29N3O5. The summed E-state index contributed by atoms with van der Waals surface area (Å²) >= 11 is 0. The molecule has 1 aliphatic rings. The van der Waals surface area contributed by atoms with Crippen LogP contribution in [0.25, 0.3) is 21.9 Å². The van der Waals surface area contributed by atoms with Gasteiger partial charge in [0.1, 0.15) is 19.0 Å². The SMILES string of the molecule is CCOC(=O)c1cc2cc(CN3C=CNC3)cc(OCc3ccc(OCc4ccc5ccccc5n4)cc3)c2o1. The fourth-order valence-corrected chi connectivity index (χ4v) is 4.59. The average molecular weight is 536 g/mol. The molecule has 5 aromatic rings. The number of hydrogen-bond acceptors (Lipinski definition) is 8. The first-order valence-corrected chi connectivity index (χ1v) is 13.2. The summed E-state index contributed by atoms with van der Waals surface area (Å²) in [5, 5.41) is 5.07. The van der Waals surface area contributed by atoms with Gasteiger partial charge < -0.3 is 28.8 Å². The third-order valence-corrected chi connectivity index (χ3v) is 6.56. The first kappa shape index (κ1) is 25.3. The van der Waals surface area contributed by atoms with Crippen LogP contribution in [0.15, 0.2) is 95.7 Å². The van der Waals surface area contributed by atoms with Gasteiger partial charge in [0.05, 0.1) is 24.5 Å². The van der Waals surface area contributed by atoms with Gasteiger partial charge in [-0.25, -0.2) is 9.78 Å². The second-order valence-corrected chi connectivity index (χ2v) is 9.48. The second kappa shape index (κ2) is 11.4. The molecule has 0 saturated carbocycles. The number of benzene rings is 3. The van der Waals surface area contributed by atoms with E-state index in [1.54, 1.807) is 13.0 Å². The zero-order valence-electron chi connectivity index (χ0n) is 22.1. The molecule has 40 heavy (non-hydrogen) atoms. The van der Waals surface area contributed by atoms with Crippen molar-refractivity contribution in [2.45, 2.75) is 26.7 Å². The first-order valence-electron chi connectivity index (χ1n) is 13.2. The monoisotopic (exact) mass is 535 g/mol. The van der Waals surface area contributed by atoms with Crippen molar-refractivity contribution in [3.8, 4) is 11.5 Å². The minimum absolute atomic E-state index is 0.156. The highest BCUT2D eigenvalue weighted by molar-refractivity contribution is 5.94. The van der Waals surface area contributed by atoms with E-state index in [4.69, 9.17) is 18.6 Å². The Bertz CT molecular complexity index is 1680. The lowest BCUT2D eigenvalue weighted by Crippen LogP contribution is -2.19. The smallest absolute Gasteiger partial charge is 0.374 e. The summed E-state index contributed by atoms with van der Waals surface area (Å²) in [6, 6.07) is 25.5. The van der Waals surface area contributed by atoms with E-state index in [1.165, 1.54) is 0 Å². The molecule has 0 bridgehead atoms. The third-order valence-electron chi connectivity index (χ3n) is 6.56. The van der Waals surface area contributed by atoms with Crippen LogP contribution in [-0.4, -0.2) is 29.1 Å². The molecule has 3 heterocycles. The van der Waals surface area contributed by atoms with Crippen LogP contribution in [0.2, 0.25) is 0 Å². The molecule has 8 nitrogen and oxygen atoms in total. The maximum absolute atomic E-state index is 12.3. The lowest BCUT2D eigenvalue weighted by molar-refractivity contribution is 0.0492. The molecule has 1 N–H and O–H groups in total. The normalized spacial score (nSPS) is 12.6. The molecule has 6 rings (SSSR count). The lowest BCUT2D eigenvalue weighted by atomic mass is 10.1. The molecule has 0 spiro atoms. The Hall–Kier alpha value is -4.98. The number of nitrogens with one attached hydrogen (secondary N) is 1. The second-order valence-electron chi connectivity index (χ2n) is 9.48. The van der Waals surface area contributed by atoms with Crippen molar-refractivity contribution in [3.05, 3.63) is 114 Å². The molecule has 0 saturated heterocycles. The molecule has 0 fully saturated rings. The molecular weight excluding hydrogens is 506 g/mol. The minimum Gasteiger partial charge on any atom is -0.487 e. The molecule has 0 amide bonds. The van der Waals surface area contributed by atoms with Crippen LogP contribution in [0.3, 0.4) is 0 Å². The molecule has 2 aromatic heterocycles. The molecule has 1 aliphatic heterocycles. The van der Waals surface area contributed by atoms with Crippen LogP contribution in [0, 0.1) is 0 Å². The molecule has 0 radical (unpaired) electrons. The predicted octanol–water partition coefficient (Wildman–Crippen LogP) is 6.15. The van der Waals surface area contributed by atoms with Crippen molar-refractivity contribution in [1.29, 1.82) is 0 Å². The summed E-state index contributed by atoms with van der Waals surface area (Å²) in [6.45, 7) is 4.17. The van der Waals surface area contributed by atoms with Gasteiger partial charge in [0.15, 0.2) is 11.3 Å². The van der Waals surface area contributed by atoms with Gasteiger partial charge in [0.25, 0.3) is 0 Å². The fourth-order valence-electron chi connectivity index (χ4n) is 4.59. The van der Waals surface area contributed by atoms with E-state index in [0.717, 1.165) is 45.5 Å². The number of ether oxygens (including phenoxy) is 3. The van der Waals surface area contributed by atoms with Gasteiger partial charge in [-0.05, 0) is 60.5 Å². The van der Waals surface area contributed by atoms with Crippen molar-refractivity contribution < 1.29 is 23.4 Å². The van der Waals surface area contributed by atoms with Gasteiger partial charge in [-0.1, -0.05) is 36.4 Å². The van der Waals surface area contributed by atoms with E-state index in [0.29, 0.717) is 31.1 Å². The van der Waals surface area contributed by atoms with E-state index >= 15 is 0 Å². The van der Waals surface area contributed by atoms with Gasteiger partial charge >= 0.3 is 5.97 Å². The van der Waals surface area contributed by atoms with E-state index in [9.17, 15) is 4.79 Å². The van der Waals surface area contributed by atoms with E-state index < -0.39 is 5.97 Å². The van der Waals surface area contributed by atoms with Crippen molar-refractivity contribution in [3.63, 3.8) is 0 Å². The Labute approximate surface area is 231 Å². The van der Waals surface area contributed by atoms with E-state index in [1.807, 2.05) is 79.1 Å². The number of furan rings is 1. The molecule has 3 aromatic carbocycles. The van der Waals surface area contributed by atoms with Gasteiger partial charge in [0.2, 0.25) is 5.76 Å². The number of esters is 1. The number of rotatable bonds is 10. The number of aromatic nitrogens is 1. The van der Waals surface area contributed by atoms with Gasteiger partial charge in [-0.2, -0.15) is 0 Å². The van der Waals surface area contributed by atoms with Crippen LogP contribution in [0.5, 0.6) is 11.5 Å². The number of hydrogen-bond donors (Lipinski definition) is 1. The van der Waals surface area contributed by atoms with Gasteiger partial charge in [-0.3, -0.25) is 0 Å². The highest BCUT2D eigenvalue weighted by Crippen LogP contribution is 2.32. The molecule has 0 atom stereocenters. The maximum Gasteiger partial charge on any atom is 0.374 e. The van der Waals surface area contributed by atoms with Crippen LogP contribution in [0.1, 0.15) is 34.3 Å². The first-order chi connectivity index (χ1) is 19.6. The number of pyridine rings is 1. The minimum atomic E-state index is -0.493. The standard InChI is InChI=1S/C32H29N3O5/c1-2-37-32(36)30-17-25-15-23(18-35-14-13-33-21-35)16-29(31(25)40-30)39-19-22-7-11-27(12-8-22)38-20-26-10-9-24-5-3-4-6-28(24)34-26/h3-17,33H,2,18-21H2,1H3. The summed E-state index contributed by atoms with van der Waals surface area (Å²) < 4.78 is 23.2. The quantitative estimate of drug-likeness (QED) is 0.213. The Morgan fingerprint density at radius 1 is 0.950 bits per heavy atom. The molecule has 202 valence electrons. The summed E-state index contributed by atoms with van der Waals surface area (Å²) in [4.78, 5) is 19.1. The number of carbonyl (C=O) groups excluding carboxylic acids is 1.